The summed E-state index contributed by atoms with van der Waals surface area (Å²) in [7, 11) is -3.88. The van der Waals surface area contributed by atoms with Crippen molar-refractivity contribution in [2.75, 3.05) is 17.4 Å². The van der Waals surface area contributed by atoms with Gasteiger partial charge in [-0.3, -0.25) is 0 Å². The maximum Gasteiger partial charge on any atom is 0.357 e. The molecule has 0 atom stereocenters. The monoisotopic (exact) mass is 376 g/mol. The van der Waals surface area contributed by atoms with Crippen LogP contribution in [0.3, 0.4) is 0 Å². The summed E-state index contributed by atoms with van der Waals surface area (Å²) in [6.07, 6.45) is 0.944. The molecule has 0 aliphatic carbocycles. The molecule has 1 aliphatic heterocycles. The molecule has 0 saturated heterocycles. The molecular formula is C12H9ClN2O6S2. The lowest BCUT2D eigenvalue weighted by Crippen LogP contribution is -2.25. The lowest BCUT2D eigenvalue weighted by Gasteiger charge is -2.22. The third-order valence-corrected chi connectivity index (χ3v) is 5.20. The number of benzene rings is 1. The zero-order valence-electron chi connectivity index (χ0n) is 11.5. The van der Waals surface area contributed by atoms with Crippen molar-refractivity contribution >= 4 is 49.6 Å². The van der Waals surface area contributed by atoms with Crippen LogP contribution >= 0.6 is 22.9 Å². The van der Waals surface area contributed by atoms with Crippen LogP contribution in [0, 0.1) is 0 Å². The summed E-state index contributed by atoms with van der Waals surface area (Å²) in [5.74, 6) is -0.638. The molecule has 0 amide bonds. The lowest BCUT2D eigenvalue weighted by molar-refractivity contribution is 0.0692. The predicted molar refractivity (Wildman–Crippen MR) is 83.6 cm³/mol. The van der Waals surface area contributed by atoms with Crippen LogP contribution < -0.4 is 13.8 Å². The summed E-state index contributed by atoms with van der Waals surface area (Å²) in [5, 5.41) is 9.19. The van der Waals surface area contributed by atoms with Gasteiger partial charge in [0.15, 0.2) is 17.2 Å². The highest BCUT2D eigenvalue weighted by Crippen LogP contribution is 2.45. The average Bonchev–Trinajstić information content (AvgIpc) is 3.06. The molecule has 1 aliphatic rings. The molecule has 2 heterocycles. The average molecular weight is 377 g/mol. The Morgan fingerprint density at radius 1 is 1.39 bits per heavy atom. The van der Waals surface area contributed by atoms with Crippen LogP contribution in [0.2, 0.25) is 5.02 Å². The highest BCUT2D eigenvalue weighted by Gasteiger charge is 2.31. The molecule has 8 nitrogen and oxygen atoms in total. The van der Waals surface area contributed by atoms with Crippen molar-refractivity contribution in [1.29, 1.82) is 0 Å². The number of carboxylic acids is 1. The second kappa shape index (κ2) is 5.55. The smallest absolute Gasteiger partial charge is 0.357 e. The van der Waals surface area contributed by atoms with Gasteiger partial charge >= 0.3 is 5.97 Å². The number of carboxylic acid groups (broad SMARTS) is 1. The first kappa shape index (κ1) is 15.8. The van der Waals surface area contributed by atoms with Crippen molar-refractivity contribution in [3.05, 3.63) is 28.4 Å². The fourth-order valence-corrected chi connectivity index (χ4v) is 4.45. The van der Waals surface area contributed by atoms with E-state index in [4.69, 9.17) is 21.1 Å². The second-order valence-electron chi connectivity index (χ2n) is 4.50. The number of nitrogens with zero attached hydrogens (tertiary/aromatic N) is 2. The van der Waals surface area contributed by atoms with Crippen molar-refractivity contribution in [3.8, 4) is 11.5 Å². The minimum absolute atomic E-state index is 0.00504. The van der Waals surface area contributed by atoms with Gasteiger partial charge in [-0.1, -0.05) is 11.6 Å². The number of aromatic nitrogens is 1. The number of sulfonamides is 1. The van der Waals surface area contributed by atoms with E-state index in [0.717, 1.165) is 21.9 Å². The summed E-state index contributed by atoms with van der Waals surface area (Å²) >= 11 is 7.03. The number of fused-ring (bicyclic) bond motifs is 1. The first-order valence-corrected chi connectivity index (χ1v) is 9.16. The topological polar surface area (TPSA) is 106 Å². The normalized spacial score (nSPS) is 13.1. The van der Waals surface area contributed by atoms with Crippen molar-refractivity contribution in [2.45, 2.75) is 0 Å². The van der Waals surface area contributed by atoms with E-state index >= 15 is 0 Å². The van der Waals surface area contributed by atoms with Crippen LogP contribution in [0.4, 0.5) is 10.7 Å². The number of ether oxygens (including phenoxy) is 2. The predicted octanol–water partition coefficient (Wildman–Crippen LogP) is 2.32. The van der Waals surface area contributed by atoms with Gasteiger partial charge in [0.05, 0.1) is 22.5 Å². The van der Waals surface area contributed by atoms with Gasteiger partial charge in [-0.2, -0.15) is 0 Å². The first-order chi connectivity index (χ1) is 10.8. The van der Waals surface area contributed by atoms with Gasteiger partial charge in [0.1, 0.15) is 5.00 Å². The minimum Gasteiger partial charge on any atom is -0.476 e. The molecule has 23 heavy (non-hydrogen) atoms. The van der Waals surface area contributed by atoms with Gasteiger partial charge in [-0.25, -0.2) is 22.5 Å². The van der Waals surface area contributed by atoms with Gasteiger partial charge in [0, 0.05) is 12.1 Å². The van der Waals surface area contributed by atoms with E-state index in [-0.39, 0.29) is 28.2 Å². The fraction of sp³-hybridized carbons (Fsp3) is 0.167. The van der Waals surface area contributed by atoms with Crippen LogP contribution in [0.15, 0.2) is 17.6 Å². The quantitative estimate of drug-likeness (QED) is 0.872. The molecule has 0 radical (unpaired) electrons. The Labute approximate surface area is 139 Å². The standard InChI is InChI=1S/C12H9ClN2O6S2/c1-23(18,19)15(11-10(12(16)17)14-4-22-11)7-3-9-8(2-6(7)13)20-5-21-9/h2-4H,5H2,1H3,(H,16,17). The van der Waals surface area contributed by atoms with E-state index < -0.39 is 16.0 Å². The van der Waals surface area contributed by atoms with Crippen molar-refractivity contribution in [3.63, 3.8) is 0 Å². The molecule has 0 spiro atoms. The van der Waals surface area contributed by atoms with E-state index in [1.807, 2.05) is 0 Å². The van der Waals surface area contributed by atoms with Crippen molar-refractivity contribution in [1.82, 2.24) is 4.98 Å². The maximum absolute atomic E-state index is 12.2. The van der Waals surface area contributed by atoms with E-state index in [1.54, 1.807) is 0 Å². The number of anilines is 2. The number of carbonyl (C=O) groups is 1. The molecule has 3 rings (SSSR count). The molecule has 1 aromatic heterocycles. The molecule has 0 unspecified atom stereocenters. The van der Waals surface area contributed by atoms with E-state index in [1.165, 1.54) is 17.6 Å². The highest BCUT2D eigenvalue weighted by atomic mass is 35.5. The third kappa shape index (κ3) is 2.80. The SMILES string of the molecule is CS(=O)(=O)N(c1cc2c(cc1Cl)OCO2)c1scnc1C(=O)O. The molecule has 122 valence electrons. The summed E-state index contributed by atoms with van der Waals surface area (Å²) < 4.78 is 35.7. The lowest BCUT2D eigenvalue weighted by atomic mass is 10.2. The van der Waals surface area contributed by atoms with E-state index in [2.05, 4.69) is 4.98 Å². The molecular weight excluding hydrogens is 368 g/mol. The zero-order chi connectivity index (χ0) is 16.8. The van der Waals surface area contributed by atoms with Gasteiger partial charge in [-0.15, -0.1) is 11.3 Å². The highest BCUT2D eigenvalue weighted by molar-refractivity contribution is 7.92. The van der Waals surface area contributed by atoms with Crippen molar-refractivity contribution in [2.24, 2.45) is 0 Å². The van der Waals surface area contributed by atoms with Crippen LogP contribution in [0.1, 0.15) is 10.5 Å². The molecule has 0 bridgehead atoms. The minimum atomic E-state index is -3.88. The Kier molecular flexibility index (Phi) is 3.82. The molecule has 11 heteroatoms. The maximum atomic E-state index is 12.2. The Bertz CT molecular complexity index is 895. The second-order valence-corrected chi connectivity index (χ2v) is 7.57. The fourth-order valence-electron chi connectivity index (χ4n) is 2.03. The third-order valence-electron chi connectivity index (χ3n) is 2.93. The van der Waals surface area contributed by atoms with Crippen LogP contribution in [-0.2, 0) is 10.0 Å². The van der Waals surface area contributed by atoms with Crippen LogP contribution in [-0.4, -0.2) is 37.5 Å². The van der Waals surface area contributed by atoms with Crippen molar-refractivity contribution < 1.29 is 27.8 Å². The number of rotatable bonds is 4. The zero-order valence-corrected chi connectivity index (χ0v) is 13.9. The Morgan fingerprint density at radius 3 is 2.65 bits per heavy atom. The van der Waals surface area contributed by atoms with Crippen LogP contribution in [0.5, 0.6) is 11.5 Å². The number of halogens is 1. The van der Waals surface area contributed by atoms with Gasteiger partial charge in [-0.05, 0) is 0 Å². The van der Waals surface area contributed by atoms with Crippen LogP contribution in [0.25, 0.3) is 0 Å². The molecule has 1 N–H and O–H groups in total. The first-order valence-electron chi connectivity index (χ1n) is 6.05. The summed E-state index contributed by atoms with van der Waals surface area (Å²) in [6, 6.07) is 2.80. The van der Waals surface area contributed by atoms with Gasteiger partial charge in [0.2, 0.25) is 16.8 Å². The van der Waals surface area contributed by atoms with E-state index in [0.29, 0.717) is 11.5 Å². The summed E-state index contributed by atoms with van der Waals surface area (Å²) in [4.78, 5) is 15.0. The molecule has 0 saturated carbocycles. The number of hydrogen-bond donors (Lipinski definition) is 1. The largest absolute Gasteiger partial charge is 0.476 e. The molecule has 0 fully saturated rings. The molecule has 2 aromatic rings. The number of aromatic carboxylic acids is 1. The number of thiazole rings is 1. The van der Waals surface area contributed by atoms with Gasteiger partial charge < -0.3 is 14.6 Å². The van der Waals surface area contributed by atoms with Gasteiger partial charge in [0.25, 0.3) is 0 Å². The van der Waals surface area contributed by atoms with E-state index in [9.17, 15) is 18.3 Å². The Hall–Kier alpha value is -2.04. The Balaban J connectivity index is 2.23. The Morgan fingerprint density at radius 2 is 2.04 bits per heavy atom. The molecule has 1 aromatic carbocycles. The summed E-state index contributed by atoms with van der Waals surface area (Å²) in [5.41, 5.74) is 0.928. The summed E-state index contributed by atoms with van der Waals surface area (Å²) in [6.45, 7) is -0.00504. The number of hydrogen-bond acceptors (Lipinski definition) is 7.